The minimum absolute atomic E-state index is 0.108. The maximum Gasteiger partial charge on any atom is 0.223 e. The second-order valence-electron chi connectivity index (χ2n) is 5.98. The minimum atomic E-state index is 0.108. The fourth-order valence-corrected chi connectivity index (χ4v) is 2.91. The Kier molecular flexibility index (Phi) is 4.43. The van der Waals surface area contributed by atoms with Crippen molar-refractivity contribution in [2.24, 2.45) is 17.6 Å². The first kappa shape index (κ1) is 12.9. The van der Waals surface area contributed by atoms with E-state index in [-0.39, 0.29) is 11.9 Å². The van der Waals surface area contributed by atoms with Crippen LogP contribution in [0.5, 0.6) is 0 Å². The Hall–Kier alpha value is -0.570. The van der Waals surface area contributed by atoms with Gasteiger partial charge in [0.2, 0.25) is 5.91 Å². The fraction of sp³-hybridized carbons (Fsp3) is 0.929. The smallest absolute Gasteiger partial charge is 0.223 e. The summed E-state index contributed by atoms with van der Waals surface area (Å²) in [4.78, 5) is 13.9. The lowest BCUT2D eigenvalue weighted by Gasteiger charge is -2.27. The number of carbonyl (C=O) groups is 1. The van der Waals surface area contributed by atoms with Crippen LogP contribution in [0.15, 0.2) is 0 Å². The molecule has 0 saturated heterocycles. The molecule has 1 unspecified atom stereocenters. The summed E-state index contributed by atoms with van der Waals surface area (Å²) in [6.45, 7) is 0.941. The Morgan fingerprint density at radius 3 is 2.47 bits per heavy atom. The van der Waals surface area contributed by atoms with Crippen molar-refractivity contribution in [1.29, 1.82) is 0 Å². The van der Waals surface area contributed by atoms with Crippen molar-refractivity contribution in [1.82, 2.24) is 4.90 Å². The Balaban J connectivity index is 1.69. The van der Waals surface area contributed by atoms with Gasteiger partial charge >= 0.3 is 0 Å². The van der Waals surface area contributed by atoms with Crippen molar-refractivity contribution < 1.29 is 4.79 Å². The monoisotopic (exact) mass is 238 g/mol. The van der Waals surface area contributed by atoms with E-state index >= 15 is 0 Å². The van der Waals surface area contributed by atoms with Gasteiger partial charge in [0.25, 0.3) is 0 Å². The molecule has 0 radical (unpaired) electrons. The van der Waals surface area contributed by atoms with Crippen LogP contribution >= 0.6 is 0 Å². The molecule has 17 heavy (non-hydrogen) atoms. The SMILES string of the molecule is CN(CC1CCCCC1)C(=O)CC(N)C1CC1. The van der Waals surface area contributed by atoms with Gasteiger partial charge in [-0.05, 0) is 37.5 Å². The van der Waals surface area contributed by atoms with Gasteiger partial charge in [-0.3, -0.25) is 4.79 Å². The molecule has 0 bridgehead atoms. The molecule has 1 amide bonds. The largest absolute Gasteiger partial charge is 0.345 e. The van der Waals surface area contributed by atoms with E-state index in [2.05, 4.69) is 0 Å². The zero-order chi connectivity index (χ0) is 12.3. The van der Waals surface area contributed by atoms with E-state index in [1.807, 2.05) is 11.9 Å². The topological polar surface area (TPSA) is 46.3 Å². The van der Waals surface area contributed by atoms with Crippen molar-refractivity contribution >= 4 is 5.91 Å². The maximum absolute atomic E-state index is 12.0. The van der Waals surface area contributed by atoms with Gasteiger partial charge in [-0.2, -0.15) is 0 Å². The summed E-state index contributed by atoms with van der Waals surface area (Å²) in [5.74, 6) is 1.60. The third-order valence-electron chi connectivity index (χ3n) is 4.32. The average molecular weight is 238 g/mol. The molecule has 2 saturated carbocycles. The van der Waals surface area contributed by atoms with Crippen molar-refractivity contribution in [2.75, 3.05) is 13.6 Å². The van der Waals surface area contributed by atoms with Crippen molar-refractivity contribution in [3.63, 3.8) is 0 Å². The van der Waals surface area contributed by atoms with Crippen molar-refractivity contribution in [3.05, 3.63) is 0 Å². The van der Waals surface area contributed by atoms with Gasteiger partial charge in [0.15, 0.2) is 0 Å². The number of nitrogens with two attached hydrogens (primary N) is 1. The number of hydrogen-bond donors (Lipinski definition) is 1. The summed E-state index contributed by atoms with van der Waals surface area (Å²) in [6, 6.07) is 0.108. The molecule has 3 heteroatoms. The van der Waals surface area contributed by atoms with Crippen molar-refractivity contribution in [3.8, 4) is 0 Å². The molecule has 0 aliphatic heterocycles. The van der Waals surface area contributed by atoms with Gasteiger partial charge in [0, 0.05) is 26.1 Å². The van der Waals surface area contributed by atoms with Crippen molar-refractivity contribution in [2.45, 2.75) is 57.4 Å². The molecule has 0 heterocycles. The van der Waals surface area contributed by atoms with Crippen LogP contribution in [0.3, 0.4) is 0 Å². The van der Waals surface area contributed by atoms with Crippen LogP contribution in [0.4, 0.5) is 0 Å². The summed E-state index contributed by atoms with van der Waals surface area (Å²) < 4.78 is 0. The normalized spacial score (nSPS) is 23.4. The van der Waals surface area contributed by atoms with Gasteiger partial charge in [-0.25, -0.2) is 0 Å². The predicted molar refractivity (Wildman–Crippen MR) is 69.5 cm³/mol. The van der Waals surface area contributed by atoms with Crippen LogP contribution in [0.1, 0.15) is 51.4 Å². The molecule has 98 valence electrons. The van der Waals surface area contributed by atoms with E-state index in [0.29, 0.717) is 12.3 Å². The number of nitrogens with zero attached hydrogens (tertiary/aromatic N) is 1. The van der Waals surface area contributed by atoms with E-state index in [0.717, 1.165) is 12.5 Å². The molecule has 2 rings (SSSR count). The first-order valence-corrected chi connectivity index (χ1v) is 7.16. The fourth-order valence-electron chi connectivity index (χ4n) is 2.91. The molecule has 3 nitrogen and oxygen atoms in total. The maximum atomic E-state index is 12.0. The zero-order valence-electron chi connectivity index (χ0n) is 11.0. The van der Waals surface area contributed by atoms with E-state index in [9.17, 15) is 4.79 Å². The van der Waals surface area contributed by atoms with E-state index in [1.165, 1.54) is 44.9 Å². The molecule has 0 spiro atoms. The Bertz CT molecular complexity index is 257. The number of hydrogen-bond acceptors (Lipinski definition) is 2. The summed E-state index contributed by atoms with van der Waals surface area (Å²) in [6.07, 6.45) is 9.65. The summed E-state index contributed by atoms with van der Waals surface area (Å²) in [7, 11) is 1.94. The predicted octanol–water partition coefficient (Wildman–Crippen LogP) is 2.15. The number of carbonyl (C=O) groups excluding carboxylic acids is 1. The van der Waals surface area contributed by atoms with Crippen LogP contribution < -0.4 is 5.73 Å². The highest BCUT2D eigenvalue weighted by atomic mass is 16.2. The molecule has 1 atom stereocenters. The molecule has 2 aliphatic carbocycles. The minimum Gasteiger partial charge on any atom is -0.345 e. The third-order valence-corrected chi connectivity index (χ3v) is 4.32. The second kappa shape index (κ2) is 5.85. The lowest BCUT2D eigenvalue weighted by Crippen LogP contribution is -2.37. The summed E-state index contributed by atoms with van der Waals surface area (Å²) >= 11 is 0. The second-order valence-corrected chi connectivity index (χ2v) is 5.98. The number of amides is 1. The Morgan fingerprint density at radius 1 is 1.24 bits per heavy atom. The molecule has 2 aliphatic rings. The first-order valence-electron chi connectivity index (χ1n) is 7.16. The van der Waals surface area contributed by atoms with Gasteiger partial charge in [-0.1, -0.05) is 19.3 Å². The number of rotatable bonds is 5. The highest BCUT2D eigenvalue weighted by molar-refractivity contribution is 5.76. The third kappa shape index (κ3) is 3.98. The summed E-state index contributed by atoms with van der Waals surface area (Å²) in [5.41, 5.74) is 6.00. The molecule has 0 aromatic heterocycles. The van der Waals surface area contributed by atoms with E-state index < -0.39 is 0 Å². The standard InChI is InChI=1S/C14H26N2O/c1-16(10-11-5-3-2-4-6-11)14(17)9-13(15)12-7-8-12/h11-13H,2-10,15H2,1H3. The Labute approximate surface area is 105 Å². The zero-order valence-corrected chi connectivity index (χ0v) is 11.0. The van der Waals surface area contributed by atoms with E-state index in [1.54, 1.807) is 0 Å². The lowest BCUT2D eigenvalue weighted by molar-refractivity contribution is -0.131. The van der Waals surface area contributed by atoms with Crippen LogP contribution in [0.2, 0.25) is 0 Å². The molecular formula is C14H26N2O. The highest BCUT2D eigenvalue weighted by Gasteiger charge is 2.30. The van der Waals surface area contributed by atoms with Gasteiger partial charge in [-0.15, -0.1) is 0 Å². The van der Waals surface area contributed by atoms with Crippen LogP contribution in [-0.2, 0) is 4.79 Å². The van der Waals surface area contributed by atoms with E-state index in [4.69, 9.17) is 5.73 Å². The average Bonchev–Trinajstić information content (AvgIpc) is 3.14. The first-order chi connectivity index (χ1) is 8.16. The molecule has 2 fully saturated rings. The summed E-state index contributed by atoms with van der Waals surface area (Å²) in [5, 5.41) is 0. The van der Waals surface area contributed by atoms with Crippen LogP contribution in [-0.4, -0.2) is 30.4 Å². The van der Waals surface area contributed by atoms with Gasteiger partial charge in [0.1, 0.15) is 0 Å². The molecule has 0 aromatic carbocycles. The Morgan fingerprint density at radius 2 is 1.88 bits per heavy atom. The molecule has 0 aromatic rings. The molecule has 2 N–H and O–H groups in total. The molecular weight excluding hydrogens is 212 g/mol. The van der Waals surface area contributed by atoms with Gasteiger partial charge < -0.3 is 10.6 Å². The van der Waals surface area contributed by atoms with Crippen LogP contribution in [0, 0.1) is 11.8 Å². The lowest BCUT2D eigenvalue weighted by atomic mass is 9.89. The highest BCUT2D eigenvalue weighted by Crippen LogP contribution is 2.33. The van der Waals surface area contributed by atoms with Gasteiger partial charge in [0.05, 0.1) is 0 Å². The quantitative estimate of drug-likeness (QED) is 0.797. The van der Waals surface area contributed by atoms with Crippen LogP contribution in [0.25, 0.3) is 0 Å².